The van der Waals surface area contributed by atoms with E-state index in [-0.39, 0.29) is 11.7 Å². The molecule has 0 atom stereocenters. The Kier molecular flexibility index (Phi) is 4.52. The molecule has 0 radical (unpaired) electrons. The number of halogens is 1. The normalized spacial score (nSPS) is 11.2. The molecule has 0 aliphatic rings. The number of carbonyl (C=O) groups excluding carboxylic acids is 1. The standard InChI is InChI=1S/C24H19FN4O/c25-19-5-3-4-18-17(14-27-22(18)19)12-13-26-24(30)16-10-8-15(9-11-16)23-28-20-6-1-2-7-21(20)29-23/h1-11,14,27H,12-13H2,(H,26,30)(H,28,29). The first-order chi connectivity index (χ1) is 14.7. The van der Waals surface area contributed by atoms with E-state index in [1.54, 1.807) is 24.4 Å². The molecule has 0 aliphatic heterocycles. The highest BCUT2D eigenvalue weighted by Gasteiger charge is 2.10. The second kappa shape index (κ2) is 7.48. The first-order valence-corrected chi connectivity index (χ1v) is 9.77. The summed E-state index contributed by atoms with van der Waals surface area (Å²) in [7, 11) is 0. The van der Waals surface area contributed by atoms with Crippen molar-refractivity contribution in [1.29, 1.82) is 0 Å². The van der Waals surface area contributed by atoms with Crippen LogP contribution in [0.25, 0.3) is 33.3 Å². The average Bonchev–Trinajstić information content (AvgIpc) is 3.39. The minimum atomic E-state index is -0.271. The summed E-state index contributed by atoms with van der Waals surface area (Å²) in [5.74, 6) is 0.360. The van der Waals surface area contributed by atoms with Crippen molar-refractivity contribution in [3.05, 3.63) is 89.9 Å². The molecule has 6 heteroatoms. The minimum Gasteiger partial charge on any atom is -0.359 e. The van der Waals surface area contributed by atoms with Gasteiger partial charge in [0.25, 0.3) is 5.91 Å². The fourth-order valence-electron chi connectivity index (χ4n) is 3.66. The van der Waals surface area contributed by atoms with Gasteiger partial charge in [0.2, 0.25) is 0 Å². The third-order valence-electron chi connectivity index (χ3n) is 5.24. The fraction of sp³-hybridized carbons (Fsp3) is 0.0833. The smallest absolute Gasteiger partial charge is 0.251 e. The summed E-state index contributed by atoms with van der Waals surface area (Å²) in [4.78, 5) is 23.3. The third-order valence-corrected chi connectivity index (χ3v) is 5.24. The number of nitrogens with one attached hydrogen (secondary N) is 3. The van der Waals surface area contributed by atoms with Crippen LogP contribution < -0.4 is 5.32 Å². The highest BCUT2D eigenvalue weighted by Crippen LogP contribution is 2.22. The van der Waals surface area contributed by atoms with Crippen molar-refractivity contribution in [3.63, 3.8) is 0 Å². The number of carbonyl (C=O) groups is 1. The van der Waals surface area contributed by atoms with Crippen molar-refractivity contribution in [2.75, 3.05) is 6.54 Å². The topological polar surface area (TPSA) is 73.6 Å². The summed E-state index contributed by atoms with van der Waals surface area (Å²) in [6.07, 6.45) is 2.41. The lowest BCUT2D eigenvalue weighted by atomic mass is 10.1. The van der Waals surface area contributed by atoms with E-state index in [1.165, 1.54) is 6.07 Å². The van der Waals surface area contributed by atoms with Crippen molar-refractivity contribution in [3.8, 4) is 11.4 Å². The minimum absolute atomic E-state index is 0.142. The summed E-state index contributed by atoms with van der Waals surface area (Å²) in [5.41, 5.74) is 4.87. The van der Waals surface area contributed by atoms with Crippen LogP contribution in [-0.4, -0.2) is 27.4 Å². The van der Waals surface area contributed by atoms with Crippen molar-refractivity contribution < 1.29 is 9.18 Å². The number of fused-ring (bicyclic) bond motifs is 2. The quantitative estimate of drug-likeness (QED) is 0.397. The van der Waals surface area contributed by atoms with E-state index in [1.807, 2.05) is 42.5 Å². The van der Waals surface area contributed by atoms with Crippen LogP contribution in [0.3, 0.4) is 0 Å². The van der Waals surface area contributed by atoms with Gasteiger partial charge in [-0.1, -0.05) is 36.4 Å². The molecule has 0 saturated heterocycles. The molecule has 3 aromatic carbocycles. The van der Waals surface area contributed by atoms with E-state index in [4.69, 9.17) is 0 Å². The number of aromatic amines is 2. The number of benzene rings is 3. The Morgan fingerprint density at radius 3 is 2.67 bits per heavy atom. The zero-order valence-electron chi connectivity index (χ0n) is 16.1. The number of hydrogen-bond donors (Lipinski definition) is 3. The highest BCUT2D eigenvalue weighted by atomic mass is 19.1. The van der Waals surface area contributed by atoms with Crippen LogP contribution >= 0.6 is 0 Å². The van der Waals surface area contributed by atoms with Crippen molar-refractivity contribution in [2.24, 2.45) is 0 Å². The third kappa shape index (κ3) is 3.33. The van der Waals surface area contributed by atoms with Gasteiger partial charge in [0.15, 0.2) is 0 Å². The van der Waals surface area contributed by atoms with Gasteiger partial charge in [-0.25, -0.2) is 9.37 Å². The van der Waals surface area contributed by atoms with Gasteiger partial charge in [0.1, 0.15) is 11.6 Å². The molecule has 2 heterocycles. The van der Waals surface area contributed by atoms with E-state index >= 15 is 0 Å². The molecule has 30 heavy (non-hydrogen) atoms. The van der Waals surface area contributed by atoms with E-state index in [0.29, 0.717) is 24.0 Å². The van der Waals surface area contributed by atoms with Crippen molar-refractivity contribution in [1.82, 2.24) is 20.3 Å². The average molecular weight is 398 g/mol. The molecule has 0 bridgehead atoms. The first kappa shape index (κ1) is 18.1. The maximum atomic E-state index is 13.8. The summed E-state index contributed by atoms with van der Waals surface area (Å²) in [6.45, 7) is 0.466. The number of imidazole rings is 1. The Labute approximate surface area is 172 Å². The fourth-order valence-corrected chi connectivity index (χ4v) is 3.66. The Hall–Kier alpha value is -3.93. The molecule has 0 saturated carbocycles. The summed E-state index contributed by atoms with van der Waals surface area (Å²) >= 11 is 0. The molecule has 2 aromatic heterocycles. The van der Waals surface area contributed by atoms with Crippen LogP contribution in [0.2, 0.25) is 0 Å². The van der Waals surface area contributed by atoms with Gasteiger partial charge in [-0.05, 0) is 42.3 Å². The van der Waals surface area contributed by atoms with Gasteiger partial charge < -0.3 is 15.3 Å². The molecule has 3 N–H and O–H groups in total. The Morgan fingerprint density at radius 1 is 1.00 bits per heavy atom. The number of amides is 1. The molecule has 5 rings (SSSR count). The lowest BCUT2D eigenvalue weighted by Crippen LogP contribution is -2.25. The maximum Gasteiger partial charge on any atom is 0.251 e. The van der Waals surface area contributed by atoms with Crippen LogP contribution in [0.4, 0.5) is 4.39 Å². The highest BCUT2D eigenvalue weighted by molar-refractivity contribution is 5.94. The molecule has 148 valence electrons. The molecule has 0 fully saturated rings. The zero-order valence-corrected chi connectivity index (χ0v) is 16.1. The van der Waals surface area contributed by atoms with Gasteiger partial charge in [0, 0.05) is 29.3 Å². The van der Waals surface area contributed by atoms with Gasteiger partial charge in [-0.15, -0.1) is 0 Å². The molecule has 0 unspecified atom stereocenters. The zero-order chi connectivity index (χ0) is 20.5. The number of hydrogen-bond acceptors (Lipinski definition) is 2. The van der Waals surface area contributed by atoms with Gasteiger partial charge in [0.05, 0.1) is 16.6 Å². The number of nitrogens with zero attached hydrogens (tertiary/aromatic N) is 1. The Morgan fingerprint density at radius 2 is 1.83 bits per heavy atom. The van der Waals surface area contributed by atoms with Crippen molar-refractivity contribution in [2.45, 2.75) is 6.42 Å². The van der Waals surface area contributed by atoms with Crippen LogP contribution in [0.1, 0.15) is 15.9 Å². The van der Waals surface area contributed by atoms with E-state index < -0.39 is 0 Å². The molecule has 1 amide bonds. The SMILES string of the molecule is O=C(NCCc1c[nH]c2c(F)cccc12)c1ccc(-c2nc3ccccc3[nH]2)cc1. The van der Waals surface area contributed by atoms with Crippen LogP contribution in [0, 0.1) is 5.82 Å². The lowest BCUT2D eigenvalue weighted by Gasteiger charge is -2.06. The summed E-state index contributed by atoms with van der Waals surface area (Å²) in [5, 5.41) is 3.77. The van der Waals surface area contributed by atoms with Crippen molar-refractivity contribution >= 4 is 27.8 Å². The predicted molar refractivity (Wildman–Crippen MR) is 116 cm³/mol. The van der Waals surface area contributed by atoms with E-state index in [9.17, 15) is 9.18 Å². The summed E-state index contributed by atoms with van der Waals surface area (Å²) < 4.78 is 13.8. The lowest BCUT2D eigenvalue weighted by molar-refractivity contribution is 0.0954. The molecule has 5 aromatic rings. The van der Waals surface area contributed by atoms with Crippen LogP contribution in [0.15, 0.2) is 72.9 Å². The summed E-state index contributed by atoms with van der Waals surface area (Å²) in [6, 6.07) is 20.2. The van der Waals surface area contributed by atoms with E-state index in [0.717, 1.165) is 33.4 Å². The second-order valence-corrected chi connectivity index (χ2v) is 7.16. The predicted octanol–water partition coefficient (Wildman–Crippen LogP) is 4.82. The Bertz CT molecular complexity index is 1320. The van der Waals surface area contributed by atoms with Gasteiger partial charge >= 0.3 is 0 Å². The molecule has 0 aliphatic carbocycles. The molecular formula is C24H19FN4O. The molecule has 0 spiro atoms. The largest absolute Gasteiger partial charge is 0.359 e. The van der Waals surface area contributed by atoms with E-state index in [2.05, 4.69) is 20.3 Å². The van der Waals surface area contributed by atoms with Crippen LogP contribution in [0.5, 0.6) is 0 Å². The second-order valence-electron chi connectivity index (χ2n) is 7.16. The number of aromatic nitrogens is 3. The van der Waals surface area contributed by atoms with Crippen LogP contribution in [-0.2, 0) is 6.42 Å². The molecular weight excluding hydrogens is 379 g/mol. The monoisotopic (exact) mass is 398 g/mol. The van der Waals surface area contributed by atoms with Gasteiger partial charge in [-0.2, -0.15) is 0 Å². The number of rotatable bonds is 5. The number of para-hydroxylation sites is 3. The molecule has 5 nitrogen and oxygen atoms in total. The number of H-pyrrole nitrogens is 2. The maximum absolute atomic E-state index is 13.8. The Balaban J connectivity index is 1.24. The first-order valence-electron chi connectivity index (χ1n) is 9.77. The van der Waals surface area contributed by atoms with Gasteiger partial charge in [-0.3, -0.25) is 4.79 Å².